The number of carboxylic acid groups (broad SMARTS) is 1. The van der Waals surface area contributed by atoms with E-state index in [0.717, 1.165) is 54.3 Å². The minimum atomic E-state index is -0.891. The first-order valence-corrected chi connectivity index (χ1v) is 11.8. The first kappa shape index (κ1) is 22.2. The summed E-state index contributed by atoms with van der Waals surface area (Å²) in [6.45, 7) is 3.73. The zero-order chi connectivity index (χ0) is 24.0. The summed E-state index contributed by atoms with van der Waals surface area (Å²) in [5.74, 6) is -1.26. The molecule has 0 aliphatic carbocycles. The molecule has 2 atom stereocenters. The van der Waals surface area contributed by atoms with E-state index in [-0.39, 0.29) is 12.5 Å². The van der Waals surface area contributed by atoms with Gasteiger partial charge in [-0.15, -0.1) is 0 Å². The number of para-hydroxylation sites is 1. The molecule has 1 spiro atoms. The Morgan fingerprint density at radius 1 is 1.24 bits per heavy atom. The van der Waals surface area contributed by atoms with Crippen LogP contribution in [0.5, 0.6) is 0 Å². The van der Waals surface area contributed by atoms with Gasteiger partial charge in [0.1, 0.15) is 5.82 Å². The van der Waals surface area contributed by atoms with Gasteiger partial charge in [-0.3, -0.25) is 14.4 Å². The molecule has 1 aromatic carbocycles. The van der Waals surface area contributed by atoms with Crippen LogP contribution in [0.25, 0.3) is 21.8 Å². The number of piperidine rings is 2. The van der Waals surface area contributed by atoms with E-state index >= 15 is 0 Å². The van der Waals surface area contributed by atoms with Crippen LogP contribution in [-0.4, -0.2) is 63.9 Å². The van der Waals surface area contributed by atoms with E-state index in [1.807, 2.05) is 24.3 Å². The Hall–Kier alpha value is -3.62. The van der Waals surface area contributed by atoms with Crippen molar-refractivity contribution in [2.75, 3.05) is 31.1 Å². The number of fused-ring (bicyclic) bond motifs is 3. The monoisotopic (exact) mass is 463 g/mol. The van der Waals surface area contributed by atoms with Crippen LogP contribution in [0.2, 0.25) is 0 Å². The molecule has 2 aromatic heterocycles. The number of primary amides is 1. The number of nitrogens with zero attached hydrogens (tertiary/aromatic N) is 3. The highest BCUT2D eigenvalue weighted by molar-refractivity contribution is 6.18. The van der Waals surface area contributed by atoms with Gasteiger partial charge in [-0.2, -0.15) is 0 Å². The first-order valence-electron chi connectivity index (χ1n) is 11.8. The lowest BCUT2D eigenvalue weighted by Crippen LogP contribution is -2.57. The van der Waals surface area contributed by atoms with Crippen LogP contribution in [0.1, 0.15) is 43.0 Å². The summed E-state index contributed by atoms with van der Waals surface area (Å²) in [5.41, 5.74) is 6.96. The Kier molecular flexibility index (Phi) is 5.42. The molecule has 5 rings (SSSR count). The highest BCUT2D eigenvalue weighted by Gasteiger charge is 2.47. The molecule has 4 N–H and O–H groups in total. The van der Waals surface area contributed by atoms with E-state index in [1.54, 1.807) is 11.8 Å². The number of carbonyl (C=O) groups is 3. The number of nitrogens with two attached hydrogens (primary N) is 1. The number of hydrogen-bond donors (Lipinski definition) is 3. The average Bonchev–Trinajstić information content (AvgIpc) is 3.21. The fraction of sp³-hybridized carbons (Fsp3) is 0.440. The number of amides is 2. The van der Waals surface area contributed by atoms with E-state index in [2.05, 4.69) is 14.9 Å². The third kappa shape index (κ3) is 3.55. The van der Waals surface area contributed by atoms with Crippen molar-refractivity contribution in [2.45, 2.75) is 32.6 Å². The molecule has 34 heavy (non-hydrogen) atoms. The molecule has 2 amide bonds. The molecule has 4 heterocycles. The summed E-state index contributed by atoms with van der Waals surface area (Å²) < 4.78 is 0. The van der Waals surface area contributed by atoms with Crippen LogP contribution in [-0.2, 0) is 9.59 Å². The van der Waals surface area contributed by atoms with Crippen molar-refractivity contribution in [2.24, 2.45) is 17.1 Å². The Bertz CT molecular complexity index is 1300. The Labute approximate surface area is 196 Å². The van der Waals surface area contributed by atoms with Crippen molar-refractivity contribution in [3.63, 3.8) is 0 Å². The van der Waals surface area contributed by atoms with Gasteiger partial charge in [-0.05, 0) is 31.7 Å². The number of likely N-dealkylation sites (tertiary alicyclic amines) is 1. The summed E-state index contributed by atoms with van der Waals surface area (Å²) in [4.78, 5) is 49.0. The van der Waals surface area contributed by atoms with Crippen LogP contribution < -0.4 is 10.6 Å². The van der Waals surface area contributed by atoms with Gasteiger partial charge in [0.15, 0.2) is 0 Å². The second-order valence-electron chi connectivity index (χ2n) is 9.68. The number of rotatable bonds is 5. The van der Waals surface area contributed by atoms with Gasteiger partial charge in [0, 0.05) is 43.3 Å². The van der Waals surface area contributed by atoms with Crippen LogP contribution in [0.3, 0.4) is 0 Å². The van der Waals surface area contributed by atoms with Gasteiger partial charge in [-0.25, -0.2) is 4.98 Å². The Balaban J connectivity index is 1.54. The highest BCUT2D eigenvalue weighted by atomic mass is 16.4. The number of aliphatic carboxylic acids is 1. The molecule has 0 radical (unpaired) electrons. The predicted octanol–water partition coefficient (Wildman–Crippen LogP) is 2.74. The average molecular weight is 464 g/mol. The van der Waals surface area contributed by atoms with E-state index in [0.29, 0.717) is 24.2 Å². The van der Waals surface area contributed by atoms with Crippen molar-refractivity contribution >= 4 is 45.4 Å². The topological polar surface area (TPSA) is 133 Å². The molecule has 2 aliphatic heterocycles. The minimum Gasteiger partial charge on any atom is -0.481 e. The predicted molar refractivity (Wildman–Crippen MR) is 129 cm³/mol. The van der Waals surface area contributed by atoms with Gasteiger partial charge < -0.3 is 25.6 Å². The van der Waals surface area contributed by atoms with Crippen molar-refractivity contribution in [1.29, 1.82) is 0 Å². The van der Waals surface area contributed by atoms with Gasteiger partial charge in [0.05, 0.1) is 27.8 Å². The third-order valence-corrected chi connectivity index (χ3v) is 7.40. The maximum absolute atomic E-state index is 13.6. The van der Waals surface area contributed by atoms with E-state index in [4.69, 9.17) is 5.73 Å². The van der Waals surface area contributed by atoms with Crippen molar-refractivity contribution in [3.8, 4) is 0 Å². The van der Waals surface area contributed by atoms with E-state index in [9.17, 15) is 19.5 Å². The molecule has 2 fully saturated rings. The molecular formula is C25H29N5O4. The number of pyridine rings is 1. The second kappa shape index (κ2) is 8.30. The number of carboxylic acids is 1. The summed E-state index contributed by atoms with van der Waals surface area (Å²) in [7, 11) is 0. The lowest BCUT2D eigenvalue weighted by Gasteiger charge is -2.48. The number of anilines is 1. The number of nitrogens with one attached hydrogen (secondary N) is 1. The van der Waals surface area contributed by atoms with Gasteiger partial charge >= 0.3 is 5.97 Å². The summed E-state index contributed by atoms with van der Waals surface area (Å²) in [5, 5.41) is 11.1. The van der Waals surface area contributed by atoms with E-state index in [1.165, 1.54) is 6.20 Å². The number of benzene rings is 1. The van der Waals surface area contributed by atoms with Crippen molar-refractivity contribution in [1.82, 2.24) is 14.9 Å². The fourth-order valence-electron chi connectivity index (χ4n) is 5.68. The first-order chi connectivity index (χ1) is 16.3. The lowest BCUT2D eigenvalue weighted by molar-refractivity contribution is -0.150. The zero-order valence-electron chi connectivity index (χ0n) is 19.2. The zero-order valence-corrected chi connectivity index (χ0v) is 19.2. The lowest BCUT2D eigenvalue weighted by atomic mass is 9.72. The van der Waals surface area contributed by atoms with E-state index < -0.39 is 23.2 Å². The third-order valence-electron chi connectivity index (χ3n) is 7.40. The molecule has 9 heteroatoms. The molecule has 3 aromatic rings. The Morgan fingerprint density at radius 2 is 1.97 bits per heavy atom. The maximum atomic E-state index is 13.6. The SMILES string of the molecule is CC(CN1CCCC2(CCCN(c3ncc(C(N)=O)c4[nH]c5ccccc5c34)C2)C1=O)C(=O)O. The molecule has 9 nitrogen and oxygen atoms in total. The second-order valence-corrected chi connectivity index (χ2v) is 9.68. The van der Waals surface area contributed by atoms with Crippen LogP contribution in [0.4, 0.5) is 5.82 Å². The highest BCUT2D eigenvalue weighted by Crippen LogP contribution is 2.43. The largest absolute Gasteiger partial charge is 0.481 e. The number of aromatic amines is 1. The summed E-state index contributed by atoms with van der Waals surface area (Å²) >= 11 is 0. The Morgan fingerprint density at radius 3 is 2.71 bits per heavy atom. The summed E-state index contributed by atoms with van der Waals surface area (Å²) in [6.07, 6.45) is 4.74. The molecule has 2 aliphatic rings. The number of aromatic nitrogens is 2. The van der Waals surface area contributed by atoms with Gasteiger partial charge in [-0.1, -0.05) is 25.1 Å². The van der Waals surface area contributed by atoms with Gasteiger partial charge in [0.25, 0.3) is 5.91 Å². The molecule has 0 bridgehead atoms. The standard InChI is InChI=1S/C25H29N5O4/c1-15(23(32)33)13-29-10-4-8-25(24(29)34)9-5-11-30(14-25)22-19-16-6-2-3-7-18(16)28-20(19)17(12-27-22)21(26)31/h2-3,6-7,12,15,28H,4-5,8-11,13-14H2,1H3,(H2,26,31)(H,32,33). The molecule has 0 saturated carbocycles. The smallest absolute Gasteiger partial charge is 0.308 e. The number of H-pyrrole nitrogens is 1. The molecule has 2 unspecified atom stereocenters. The quantitative estimate of drug-likeness (QED) is 0.533. The molecular weight excluding hydrogens is 434 g/mol. The minimum absolute atomic E-state index is 0.0421. The number of carbonyl (C=O) groups excluding carboxylic acids is 2. The van der Waals surface area contributed by atoms with Crippen LogP contribution in [0.15, 0.2) is 30.5 Å². The molecule has 178 valence electrons. The van der Waals surface area contributed by atoms with Gasteiger partial charge in [0.2, 0.25) is 5.91 Å². The number of hydrogen-bond acceptors (Lipinski definition) is 5. The van der Waals surface area contributed by atoms with Crippen molar-refractivity contribution < 1.29 is 19.5 Å². The van der Waals surface area contributed by atoms with Crippen LogP contribution in [0, 0.1) is 11.3 Å². The normalized spacial score (nSPS) is 22.0. The van der Waals surface area contributed by atoms with Crippen molar-refractivity contribution in [3.05, 3.63) is 36.0 Å². The molecule has 2 saturated heterocycles. The summed E-state index contributed by atoms with van der Waals surface area (Å²) in [6, 6.07) is 7.82. The maximum Gasteiger partial charge on any atom is 0.308 e. The fourth-order valence-corrected chi connectivity index (χ4v) is 5.68. The van der Waals surface area contributed by atoms with Crippen LogP contribution >= 0.6 is 0 Å².